The Morgan fingerprint density at radius 3 is 2.48 bits per heavy atom. The summed E-state index contributed by atoms with van der Waals surface area (Å²) in [6, 6.07) is 17.0. The fourth-order valence-corrected chi connectivity index (χ4v) is 4.86. The van der Waals surface area contributed by atoms with Gasteiger partial charge in [0, 0.05) is 25.2 Å². The van der Waals surface area contributed by atoms with Gasteiger partial charge in [0.05, 0.1) is 17.6 Å². The van der Waals surface area contributed by atoms with Crippen LogP contribution in [0.15, 0.2) is 77.8 Å². The van der Waals surface area contributed by atoms with Crippen LogP contribution in [0.1, 0.15) is 11.1 Å². The summed E-state index contributed by atoms with van der Waals surface area (Å²) in [7, 11) is -2.84. The van der Waals surface area contributed by atoms with Crippen LogP contribution in [0.5, 0.6) is 11.5 Å². The van der Waals surface area contributed by atoms with Gasteiger partial charge in [-0.2, -0.15) is 9.40 Å². The maximum atomic E-state index is 13.5. The molecule has 0 bridgehead atoms. The topological polar surface area (TPSA) is 95.7 Å². The Labute approximate surface area is 191 Å². The molecule has 0 fully saturated rings. The van der Waals surface area contributed by atoms with Gasteiger partial charge in [-0.3, -0.25) is 0 Å². The summed E-state index contributed by atoms with van der Waals surface area (Å²) >= 11 is 0. The summed E-state index contributed by atoms with van der Waals surface area (Å²) in [5.41, 5.74) is 2.79. The van der Waals surface area contributed by atoms with Crippen molar-refractivity contribution in [3.05, 3.63) is 89.9 Å². The summed E-state index contributed by atoms with van der Waals surface area (Å²) < 4.78 is 42.6. The highest BCUT2D eigenvalue weighted by Crippen LogP contribution is 2.38. The normalized spacial score (nSPS) is 11.8. The van der Waals surface area contributed by atoms with Crippen molar-refractivity contribution in [1.82, 2.24) is 14.1 Å². The van der Waals surface area contributed by atoms with Gasteiger partial charge in [-0.15, -0.1) is 0 Å². The van der Waals surface area contributed by atoms with E-state index in [1.165, 1.54) is 37.5 Å². The molecular weight excluding hydrogens is 445 g/mol. The molecular formula is C24H22FN3O4S. The standard InChI is InChI=1S/C24H22FN3O4S/c1-16-6-3-4-9-20(16)28-21(10-11-26-28)19-13-24(23(30)14-22(19)29)33(31,32)27(2)15-17-7-5-8-18(25)12-17/h3-14,29-30H,15H2,1-2H3. The number of aryl methyl sites for hydroxylation is 1. The highest BCUT2D eigenvalue weighted by atomic mass is 32.2. The minimum absolute atomic E-state index is 0.100. The quantitative estimate of drug-likeness (QED) is 0.443. The van der Waals surface area contributed by atoms with Crippen LogP contribution < -0.4 is 0 Å². The van der Waals surface area contributed by atoms with Crippen molar-refractivity contribution in [1.29, 1.82) is 0 Å². The van der Waals surface area contributed by atoms with Gasteiger partial charge in [0.25, 0.3) is 0 Å². The number of phenolic OH excluding ortho intramolecular Hbond substituents is 2. The molecule has 0 saturated carbocycles. The van der Waals surface area contributed by atoms with E-state index in [0.29, 0.717) is 11.3 Å². The van der Waals surface area contributed by atoms with Crippen molar-refractivity contribution < 1.29 is 23.0 Å². The number of rotatable bonds is 6. The molecule has 170 valence electrons. The zero-order valence-electron chi connectivity index (χ0n) is 18.0. The SMILES string of the molecule is Cc1ccccc1-n1nccc1-c1cc(S(=O)(=O)N(C)Cc2cccc(F)c2)c(O)cc1O. The van der Waals surface area contributed by atoms with Crippen molar-refractivity contribution in [2.24, 2.45) is 0 Å². The second-order valence-electron chi connectivity index (χ2n) is 7.64. The van der Waals surface area contributed by atoms with Crippen molar-refractivity contribution in [2.45, 2.75) is 18.4 Å². The summed E-state index contributed by atoms with van der Waals surface area (Å²) in [5.74, 6) is -1.36. The Morgan fingerprint density at radius 1 is 1.00 bits per heavy atom. The minimum Gasteiger partial charge on any atom is -0.507 e. The number of hydrogen-bond donors (Lipinski definition) is 2. The molecule has 4 rings (SSSR count). The smallest absolute Gasteiger partial charge is 0.246 e. The first kappa shape index (κ1) is 22.5. The molecule has 0 unspecified atom stereocenters. The van der Waals surface area contributed by atoms with E-state index in [-0.39, 0.29) is 22.8 Å². The maximum Gasteiger partial charge on any atom is 0.246 e. The van der Waals surface area contributed by atoms with Gasteiger partial charge < -0.3 is 10.2 Å². The molecule has 0 aliphatic rings. The Balaban J connectivity index is 1.78. The molecule has 7 nitrogen and oxygen atoms in total. The molecule has 4 aromatic rings. The van der Waals surface area contributed by atoms with Crippen LogP contribution in [0.25, 0.3) is 16.9 Å². The van der Waals surface area contributed by atoms with Gasteiger partial charge in [-0.05, 0) is 48.4 Å². The van der Waals surface area contributed by atoms with Gasteiger partial charge in [0.15, 0.2) is 0 Å². The zero-order chi connectivity index (χ0) is 23.8. The van der Waals surface area contributed by atoms with E-state index in [0.717, 1.165) is 21.6 Å². The number of nitrogens with zero attached hydrogens (tertiary/aromatic N) is 3. The predicted molar refractivity (Wildman–Crippen MR) is 122 cm³/mol. The molecule has 0 aliphatic heterocycles. The Morgan fingerprint density at radius 2 is 1.76 bits per heavy atom. The molecule has 1 heterocycles. The summed E-state index contributed by atoms with van der Waals surface area (Å²) in [6.45, 7) is 1.81. The summed E-state index contributed by atoms with van der Waals surface area (Å²) in [5, 5.41) is 25.3. The largest absolute Gasteiger partial charge is 0.507 e. The highest BCUT2D eigenvalue weighted by Gasteiger charge is 2.27. The van der Waals surface area contributed by atoms with E-state index in [1.54, 1.807) is 16.8 Å². The number of sulfonamides is 1. The number of para-hydroxylation sites is 1. The number of aromatic hydroxyl groups is 2. The van der Waals surface area contributed by atoms with Crippen LogP contribution in [0.3, 0.4) is 0 Å². The van der Waals surface area contributed by atoms with Gasteiger partial charge in [-0.1, -0.05) is 30.3 Å². The lowest BCUT2D eigenvalue weighted by Gasteiger charge is -2.19. The number of phenols is 2. The lowest BCUT2D eigenvalue weighted by atomic mass is 10.1. The van der Waals surface area contributed by atoms with Crippen LogP contribution in [0, 0.1) is 12.7 Å². The fourth-order valence-electron chi connectivity index (χ4n) is 3.61. The third kappa shape index (κ3) is 4.33. The van der Waals surface area contributed by atoms with E-state index in [1.807, 2.05) is 31.2 Å². The third-order valence-electron chi connectivity index (χ3n) is 5.32. The molecule has 1 aromatic heterocycles. The Bertz CT molecular complexity index is 1430. The highest BCUT2D eigenvalue weighted by molar-refractivity contribution is 7.89. The average Bonchev–Trinajstić information content (AvgIpc) is 3.23. The lowest BCUT2D eigenvalue weighted by Crippen LogP contribution is -2.26. The van der Waals surface area contributed by atoms with Gasteiger partial charge in [0.1, 0.15) is 22.2 Å². The van der Waals surface area contributed by atoms with E-state index >= 15 is 0 Å². The van der Waals surface area contributed by atoms with Crippen molar-refractivity contribution in [3.63, 3.8) is 0 Å². The molecule has 2 N–H and O–H groups in total. The molecule has 0 amide bonds. The lowest BCUT2D eigenvalue weighted by molar-refractivity contribution is 0.429. The minimum atomic E-state index is -4.18. The van der Waals surface area contributed by atoms with Crippen molar-refractivity contribution in [3.8, 4) is 28.4 Å². The third-order valence-corrected chi connectivity index (χ3v) is 7.15. The van der Waals surface area contributed by atoms with Crippen LogP contribution in [0.2, 0.25) is 0 Å². The van der Waals surface area contributed by atoms with E-state index in [4.69, 9.17) is 0 Å². The first-order chi connectivity index (χ1) is 15.7. The van der Waals surface area contributed by atoms with Crippen molar-refractivity contribution >= 4 is 10.0 Å². The number of halogens is 1. The van der Waals surface area contributed by atoms with E-state index < -0.39 is 21.6 Å². The maximum absolute atomic E-state index is 13.5. The summed E-state index contributed by atoms with van der Waals surface area (Å²) in [6.07, 6.45) is 1.54. The molecule has 9 heteroatoms. The van der Waals surface area contributed by atoms with Crippen LogP contribution in [-0.4, -0.2) is 39.8 Å². The molecule has 0 radical (unpaired) electrons. The second kappa shape index (κ2) is 8.68. The van der Waals surface area contributed by atoms with E-state index in [9.17, 15) is 23.0 Å². The predicted octanol–water partition coefficient (Wildman–Crippen LogP) is 4.22. The molecule has 0 aliphatic carbocycles. The molecule has 0 atom stereocenters. The number of hydrogen-bond acceptors (Lipinski definition) is 5. The van der Waals surface area contributed by atoms with Gasteiger partial charge in [-0.25, -0.2) is 17.5 Å². The first-order valence-electron chi connectivity index (χ1n) is 10.1. The molecule has 33 heavy (non-hydrogen) atoms. The van der Waals surface area contributed by atoms with Gasteiger partial charge >= 0.3 is 0 Å². The molecule has 0 saturated heterocycles. The monoisotopic (exact) mass is 467 g/mol. The number of aromatic nitrogens is 2. The van der Waals surface area contributed by atoms with Crippen LogP contribution in [-0.2, 0) is 16.6 Å². The fraction of sp³-hybridized carbons (Fsp3) is 0.125. The number of benzene rings is 3. The van der Waals surface area contributed by atoms with Gasteiger partial charge in [0.2, 0.25) is 10.0 Å². The zero-order valence-corrected chi connectivity index (χ0v) is 18.8. The average molecular weight is 468 g/mol. The Hall–Kier alpha value is -3.69. The molecule has 0 spiro atoms. The summed E-state index contributed by atoms with van der Waals surface area (Å²) in [4.78, 5) is -0.383. The van der Waals surface area contributed by atoms with E-state index in [2.05, 4.69) is 5.10 Å². The van der Waals surface area contributed by atoms with Crippen molar-refractivity contribution in [2.75, 3.05) is 7.05 Å². The Kier molecular flexibility index (Phi) is 5.92. The first-order valence-corrected chi connectivity index (χ1v) is 11.5. The van der Waals surface area contributed by atoms with Crippen LogP contribution in [0.4, 0.5) is 4.39 Å². The second-order valence-corrected chi connectivity index (χ2v) is 9.66. The van der Waals surface area contributed by atoms with Crippen LogP contribution >= 0.6 is 0 Å². The molecule has 3 aromatic carbocycles.